The topological polar surface area (TPSA) is 66.7 Å². The molecule has 2 aromatic rings. The summed E-state index contributed by atoms with van der Waals surface area (Å²) in [7, 11) is 0. The fourth-order valence-corrected chi connectivity index (χ4v) is 4.31. The summed E-state index contributed by atoms with van der Waals surface area (Å²) < 4.78 is 18.9. The number of aryl methyl sites for hydroxylation is 1. The van der Waals surface area contributed by atoms with E-state index in [9.17, 15) is 14.0 Å². The lowest BCUT2D eigenvalue weighted by atomic mass is 9.89. The second kappa shape index (κ2) is 6.23. The molecule has 2 aliphatic rings. The van der Waals surface area contributed by atoms with Crippen molar-refractivity contribution in [3.8, 4) is 0 Å². The van der Waals surface area contributed by atoms with Crippen molar-refractivity contribution in [2.24, 2.45) is 11.8 Å². The van der Waals surface area contributed by atoms with Crippen molar-refractivity contribution >= 4 is 11.8 Å². The van der Waals surface area contributed by atoms with E-state index >= 15 is 0 Å². The highest BCUT2D eigenvalue weighted by Gasteiger charge is 2.49. The Bertz CT molecular complexity index is 865. The molecule has 26 heavy (non-hydrogen) atoms. The molecular formula is C19H20FN3O3. The van der Waals surface area contributed by atoms with Gasteiger partial charge in [-0.3, -0.25) is 9.59 Å². The van der Waals surface area contributed by atoms with Gasteiger partial charge in [-0.2, -0.15) is 0 Å². The molecule has 1 aromatic heterocycles. The monoisotopic (exact) mass is 357 g/mol. The summed E-state index contributed by atoms with van der Waals surface area (Å²) in [5.41, 5.74) is 1.11. The first-order chi connectivity index (χ1) is 12.5. The van der Waals surface area contributed by atoms with E-state index in [2.05, 4.69) is 4.98 Å². The Morgan fingerprint density at radius 3 is 2.73 bits per heavy atom. The summed E-state index contributed by atoms with van der Waals surface area (Å²) in [4.78, 5) is 32.4. The van der Waals surface area contributed by atoms with Gasteiger partial charge in [0.2, 0.25) is 5.91 Å². The standard InChI is InChI=1S/C19H20FN3O3/c1-11-17(21-10-26-11)19(25)22-7-14-8-23(12(2)24)18(16(14)9-22)13-4-3-5-15(20)6-13/h3-6,10,14,16,18H,7-9H2,1-2H3/t14-,16-,18-/m1/s1. The lowest BCUT2D eigenvalue weighted by Gasteiger charge is -2.29. The zero-order chi connectivity index (χ0) is 18.4. The van der Waals surface area contributed by atoms with Crippen LogP contribution in [0.25, 0.3) is 0 Å². The Kier molecular flexibility index (Phi) is 4.01. The van der Waals surface area contributed by atoms with Crippen LogP contribution < -0.4 is 0 Å². The summed E-state index contributed by atoms with van der Waals surface area (Å²) in [6, 6.07) is 6.16. The molecule has 4 rings (SSSR count). The van der Waals surface area contributed by atoms with Gasteiger partial charge in [0.05, 0.1) is 6.04 Å². The van der Waals surface area contributed by atoms with Gasteiger partial charge in [-0.15, -0.1) is 0 Å². The van der Waals surface area contributed by atoms with E-state index < -0.39 is 0 Å². The van der Waals surface area contributed by atoms with Crippen molar-refractivity contribution in [3.63, 3.8) is 0 Å². The van der Waals surface area contributed by atoms with Crippen LogP contribution in [-0.2, 0) is 4.79 Å². The Morgan fingerprint density at radius 1 is 1.27 bits per heavy atom. The fraction of sp³-hybridized carbons (Fsp3) is 0.421. The number of rotatable bonds is 2. The Labute approximate surface area is 150 Å². The van der Waals surface area contributed by atoms with E-state index in [1.54, 1.807) is 22.8 Å². The van der Waals surface area contributed by atoms with Gasteiger partial charge in [-0.1, -0.05) is 12.1 Å². The molecular weight excluding hydrogens is 337 g/mol. The van der Waals surface area contributed by atoms with Gasteiger partial charge in [0.15, 0.2) is 12.1 Å². The van der Waals surface area contributed by atoms with Crippen molar-refractivity contribution in [1.29, 1.82) is 0 Å². The Morgan fingerprint density at radius 2 is 2.08 bits per heavy atom. The van der Waals surface area contributed by atoms with Crippen LogP contribution in [0.3, 0.4) is 0 Å². The maximum atomic E-state index is 13.7. The third kappa shape index (κ3) is 2.67. The summed E-state index contributed by atoms with van der Waals surface area (Å²) in [5, 5.41) is 0. The summed E-state index contributed by atoms with van der Waals surface area (Å²) in [6.45, 7) is 4.90. The minimum Gasteiger partial charge on any atom is -0.448 e. The summed E-state index contributed by atoms with van der Waals surface area (Å²) in [6.07, 6.45) is 1.27. The zero-order valence-corrected chi connectivity index (χ0v) is 14.7. The molecule has 136 valence electrons. The van der Waals surface area contributed by atoms with Crippen LogP contribution in [0.15, 0.2) is 35.1 Å². The number of fused-ring (bicyclic) bond motifs is 1. The molecule has 0 saturated carbocycles. The van der Waals surface area contributed by atoms with Gasteiger partial charge in [0, 0.05) is 38.4 Å². The highest BCUT2D eigenvalue weighted by molar-refractivity contribution is 5.93. The van der Waals surface area contributed by atoms with Crippen LogP contribution in [-0.4, -0.2) is 46.2 Å². The number of amides is 2. The highest BCUT2D eigenvalue weighted by Crippen LogP contribution is 2.45. The van der Waals surface area contributed by atoms with Crippen LogP contribution in [0.2, 0.25) is 0 Å². The minimum atomic E-state index is -0.321. The van der Waals surface area contributed by atoms with Crippen molar-refractivity contribution in [2.45, 2.75) is 19.9 Å². The van der Waals surface area contributed by atoms with Crippen LogP contribution in [0.4, 0.5) is 4.39 Å². The zero-order valence-electron chi connectivity index (χ0n) is 14.7. The molecule has 0 bridgehead atoms. The molecule has 2 saturated heterocycles. The van der Waals surface area contributed by atoms with Crippen LogP contribution in [0.5, 0.6) is 0 Å². The Hall–Kier alpha value is -2.70. The first-order valence-corrected chi connectivity index (χ1v) is 8.67. The number of carbonyl (C=O) groups is 2. The lowest BCUT2D eigenvalue weighted by molar-refractivity contribution is -0.130. The van der Waals surface area contributed by atoms with Crippen molar-refractivity contribution in [2.75, 3.05) is 19.6 Å². The number of oxazole rings is 1. The van der Waals surface area contributed by atoms with E-state index in [4.69, 9.17) is 4.42 Å². The number of likely N-dealkylation sites (tertiary alicyclic amines) is 2. The van der Waals surface area contributed by atoms with Crippen LogP contribution >= 0.6 is 0 Å². The van der Waals surface area contributed by atoms with Crippen molar-refractivity contribution in [1.82, 2.24) is 14.8 Å². The first-order valence-electron chi connectivity index (χ1n) is 8.67. The molecule has 6 nitrogen and oxygen atoms in total. The maximum absolute atomic E-state index is 13.7. The fourth-order valence-electron chi connectivity index (χ4n) is 4.31. The molecule has 1 aromatic carbocycles. The molecule has 3 atom stereocenters. The number of hydrogen-bond donors (Lipinski definition) is 0. The number of aromatic nitrogens is 1. The van der Waals surface area contributed by atoms with Crippen molar-refractivity contribution < 1.29 is 18.4 Å². The normalized spacial score (nSPS) is 24.8. The van der Waals surface area contributed by atoms with Crippen LogP contribution in [0, 0.1) is 24.6 Å². The second-order valence-electron chi connectivity index (χ2n) is 7.06. The molecule has 2 amide bonds. The molecule has 2 fully saturated rings. The summed E-state index contributed by atoms with van der Waals surface area (Å²) in [5.74, 6) is 0.245. The molecule has 0 N–H and O–H groups in total. The molecule has 0 radical (unpaired) electrons. The quantitative estimate of drug-likeness (QED) is 0.828. The second-order valence-corrected chi connectivity index (χ2v) is 7.06. The van der Waals surface area contributed by atoms with E-state index in [-0.39, 0.29) is 35.5 Å². The molecule has 3 heterocycles. The highest BCUT2D eigenvalue weighted by atomic mass is 19.1. The molecule has 0 spiro atoms. The smallest absolute Gasteiger partial charge is 0.276 e. The van der Waals surface area contributed by atoms with Gasteiger partial charge in [0.25, 0.3) is 5.91 Å². The van der Waals surface area contributed by atoms with Crippen molar-refractivity contribution in [3.05, 3.63) is 53.5 Å². The summed E-state index contributed by atoms with van der Waals surface area (Å²) >= 11 is 0. The number of benzene rings is 1. The molecule has 2 aliphatic heterocycles. The minimum absolute atomic E-state index is 0.0288. The average Bonchev–Trinajstić information content (AvgIpc) is 3.27. The van der Waals surface area contributed by atoms with E-state index in [1.807, 2.05) is 6.07 Å². The molecule has 0 aliphatic carbocycles. The van der Waals surface area contributed by atoms with Gasteiger partial charge in [0.1, 0.15) is 11.6 Å². The Balaban J connectivity index is 1.61. The number of carbonyl (C=O) groups excluding carboxylic acids is 2. The van der Waals surface area contributed by atoms with Gasteiger partial charge >= 0.3 is 0 Å². The van der Waals surface area contributed by atoms with E-state index in [0.717, 1.165) is 5.56 Å². The SMILES string of the molecule is CC(=O)N1C[C@H]2CN(C(=O)c3ncoc3C)C[C@H]2[C@H]1c1cccc(F)c1. The maximum Gasteiger partial charge on any atom is 0.276 e. The number of halogens is 1. The number of hydrogen-bond acceptors (Lipinski definition) is 4. The lowest BCUT2D eigenvalue weighted by Crippen LogP contribution is -2.36. The number of nitrogens with zero attached hydrogens (tertiary/aromatic N) is 3. The van der Waals surface area contributed by atoms with Gasteiger partial charge < -0.3 is 14.2 Å². The third-order valence-corrected chi connectivity index (χ3v) is 5.49. The third-order valence-electron chi connectivity index (χ3n) is 5.49. The molecule has 0 unspecified atom stereocenters. The molecule has 7 heteroatoms. The van der Waals surface area contributed by atoms with Crippen LogP contribution in [0.1, 0.15) is 34.8 Å². The van der Waals surface area contributed by atoms with Gasteiger partial charge in [-0.05, 0) is 24.6 Å². The first kappa shape index (κ1) is 16.8. The van der Waals surface area contributed by atoms with E-state index in [1.165, 1.54) is 25.5 Å². The largest absolute Gasteiger partial charge is 0.448 e. The van der Waals surface area contributed by atoms with E-state index in [0.29, 0.717) is 31.1 Å². The average molecular weight is 357 g/mol. The predicted molar refractivity (Wildman–Crippen MR) is 90.7 cm³/mol. The van der Waals surface area contributed by atoms with Gasteiger partial charge in [-0.25, -0.2) is 9.37 Å². The predicted octanol–water partition coefficient (Wildman–Crippen LogP) is 2.41.